The molecule has 0 aliphatic carbocycles. The SMILES string of the molecule is CCOC(=O)CC(=O)Nc1cccc(C(=O)Nc2cccc(Cl)c2)c1. The van der Waals surface area contributed by atoms with E-state index in [1.54, 1.807) is 49.4 Å². The van der Waals surface area contributed by atoms with Crippen molar-refractivity contribution in [1.29, 1.82) is 0 Å². The van der Waals surface area contributed by atoms with E-state index in [2.05, 4.69) is 10.6 Å². The Bertz CT molecular complexity index is 792. The zero-order valence-electron chi connectivity index (χ0n) is 13.5. The second kappa shape index (κ2) is 8.84. The number of benzene rings is 2. The number of esters is 1. The lowest BCUT2D eigenvalue weighted by Crippen LogP contribution is -2.18. The van der Waals surface area contributed by atoms with E-state index in [-0.39, 0.29) is 18.9 Å². The van der Waals surface area contributed by atoms with E-state index in [4.69, 9.17) is 16.3 Å². The number of hydrogen-bond acceptors (Lipinski definition) is 4. The second-order valence-corrected chi connectivity index (χ2v) is 5.51. The summed E-state index contributed by atoms with van der Waals surface area (Å²) in [6.45, 7) is 1.88. The number of rotatable bonds is 6. The fraction of sp³-hybridized carbons (Fsp3) is 0.167. The van der Waals surface area contributed by atoms with Crippen LogP contribution in [-0.4, -0.2) is 24.4 Å². The quantitative estimate of drug-likeness (QED) is 0.610. The molecule has 0 radical (unpaired) electrons. The molecule has 2 aromatic carbocycles. The molecule has 7 heteroatoms. The zero-order valence-corrected chi connectivity index (χ0v) is 14.3. The number of carbonyl (C=O) groups is 3. The van der Waals surface area contributed by atoms with E-state index in [1.807, 2.05) is 0 Å². The van der Waals surface area contributed by atoms with Crippen LogP contribution in [0.25, 0.3) is 0 Å². The van der Waals surface area contributed by atoms with Gasteiger partial charge in [0.05, 0.1) is 6.61 Å². The normalized spacial score (nSPS) is 10.0. The smallest absolute Gasteiger partial charge is 0.315 e. The van der Waals surface area contributed by atoms with Crippen molar-refractivity contribution >= 4 is 40.8 Å². The molecule has 0 aliphatic heterocycles. The van der Waals surface area contributed by atoms with Crippen molar-refractivity contribution < 1.29 is 19.1 Å². The van der Waals surface area contributed by atoms with E-state index < -0.39 is 11.9 Å². The van der Waals surface area contributed by atoms with Crippen molar-refractivity contribution in [3.63, 3.8) is 0 Å². The molecule has 2 aromatic rings. The number of anilines is 2. The lowest BCUT2D eigenvalue weighted by atomic mass is 10.1. The Morgan fingerprint density at radius 2 is 1.68 bits per heavy atom. The molecule has 2 rings (SSSR count). The molecule has 0 fully saturated rings. The van der Waals surface area contributed by atoms with Crippen molar-refractivity contribution in [1.82, 2.24) is 0 Å². The lowest BCUT2D eigenvalue weighted by Gasteiger charge is -2.08. The van der Waals surface area contributed by atoms with Crippen LogP contribution in [0, 0.1) is 0 Å². The Morgan fingerprint density at radius 1 is 1.00 bits per heavy atom. The van der Waals surface area contributed by atoms with Crippen LogP contribution in [0.15, 0.2) is 48.5 Å². The van der Waals surface area contributed by atoms with Crippen LogP contribution in [0.5, 0.6) is 0 Å². The van der Waals surface area contributed by atoms with Crippen LogP contribution in [0.4, 0.5) is 11.4 Å². The number of carbonyl (C=O) groups excluding carboxylic acids is 3. The molecule has 0 aliphatic rings. The molecule has 0 saturated carbocycles. The number of amides is 2. The monoisotopic (exact) mass is 360 g/mol. The van der Waals surface area contributed by atoms with Gasteiger partial charge in [-0.1, -0.05) is 23.7 Å². The van der Waals surface area contributed by atoms with E-state index in [0.717, 1.165) is 0 Å². The van der Waals surface area contributed by atoms with Crippen LogP contribution >= 0.6 is 11.6 Å². The predicted molar refractivity (Wildman–Crippen MR) is 95.7 cm³/mol. The van der Waals surface area contributed by atoms with Crippen LogP contribution in [0.1, 0.15) is 23.7 Å². The summed E-state index contributed by atoms with van der Waals surface area (Å²) in [5.74, 6) is -1.45. The first-order chi connectivity index (χ1) is 12.0. The molecule has 0 spiro atoms. The maximum absolute atomic E-state index is 12.3. The van der Waals surface area contributed by atoms with Gasteiger partial charge in [0.2, 0.25) is 5.91 Å². The summed E-state index contributed by atoms with van der Waals surface area (Å²) in [7, 11) is 0. The van der Waals surface area contributed by atoms with E-state index in [0.29, 0.717) is 22.0 Å². The summed E-state index contributed by atoms with van der Waals surface area (Å²) in [5.41, 5.74) is 1.33. The van der Waals surface area contributed by atoms with Gasteiger partial charge in [-0.15, -0.1) is 0 Å². The maximum Gasteiger partial charge on any atom is 0.315 e. The van der Waals surface area contributed by atoms with Crippen molar-refractivity contribution in [2.75, 3.05) is 17.2 Å². The fourth-order valence-corrected chi connectivity index (χ4v) is 2.25. The first-order valence-electron chi connectivity index (χ1n) is 7.60. The highest BCUT2D eigenvalue weighted by molar-refractivity contribution is 6.31. The van der Waals surface area contributed by atoms with Gasteiger partial charge in [-0.05, 0) is 43.3 Å². The molecule has 0 unspecified atom stereocenters. The van der Waals surface area contributed by atoms with Crippen LogP contribution in [0.3, 0.4) is 0 Å². The highest BCUT2D eigenvalue weighted by Gasteiger charge is 2.12. The van der Waals surface area contributed by atoms with Gasteiger partial charge in [-0.2, -0.15) is 0 Å². The first-order valence-corrected chi connectivity index (χ1v) is 7.98. The summed E-state index contributed by atoms with van der Waals surface area (Å²) in [5, 5.41) is 5.79. The van der Waals surface area contributed by atoms with Gasteiger partial charge >= 0.3 is 5.97 Å². The zero-order chi connectivity index (χ0) is 18.2. The van der Waals surface area contributed by atoms with Crippen molar-refractivity contribution in [2.45, 2.75) is 13.3 Å². The van der Waals surface area contributed by atoms with Crippen molar-refractivity contribution in [2.24, 2.45) is 0 Å². The van der Waals surface area contributed by atoms with Crippen molar-refractivity contribution in [3.8, 4) is 0 Å². The average molecular weight is 361 g/mol. The minimum Gasteiger partial charge on any atom is -0.466 e. The molecule has 0 bridgehead atoms. The number of nitrogens with one attached hydrogen (secondary N) is 2. The highest BCUT2D eigenvalue weighted by atomic mass is 35.5. The summed E-state index contributed by atoms with van der Waals surface area (Å²) in [6.07, 6.45) is -0.382. The van der Waals surface area contributed by atoms with Crippen LogP contribution < -0.4 is 10.6 Å². The number of halogens is 1. The van der Waals surface area contributed by atoms with Crippen LogP contribution in [0.2, 0.25) is 5.02 Å². The molecular weight excluding hydrogens is 344 g/mol. The Labute approximate surface area is 150 Å². The van der Waals surface area contributed by atoms with Gasteiger partial charge < -0.3 is 15.4 Å². The topological polar surface area (TPSA) is 84.5 Å². The minimum atomic E-state index is -0.602. The Morgan fingerprint density at radius 3 is 2.36 bits per heavy atom. The third-order valence-corrected chi connectivity index (χ3v) is 3.34. The van der Waals surface area contributed by atoms with Gasteiger partial charge in [-0.3, -0.25) is 14.4 Å². The molecule has 130 valence electrons. The van der Waals surface area contributed by atoms with Crippen LogP contribution in [-0.2, 0) is 14.3 Å². The van der Waals surface area contributed by atoms with Gasteiger partial charge in [-0.25, -0.2) is 0 Å². The van der Waals surface area contributed by atoms with Crippen molar-refractivity contribution in [3.05, 3.63) is 59.1 Å². The highest BCUT2D eigenvalue weighted by Crippen LogP contribution is 2.17. The summed E-state index contributed by atoms with van der Waals surface area (Å²) in [4.78, 5) is 35.4. The van der Waals surface area contributed by atoms with E-state index in [9.17, 15) is 14.4 Å². The Balaban J connectivity index is 2.01. The van der Waals surface area contributed by atoms with Gasteiger partial charge in [0, 0.05) is 22.0 Å². The second-order valence-electron chi connectivity index (χ2n) is 5.08. The Kier molecular flexibility index (Phi) is 6.54. The lowest BCUT2D eigenvalue weighted by molar-refractivity contribution is -0.145. The van der Waals surface area contributed by atoms with E-state index >= 15 is 0 Å². The van der Waals surface area contributed by atoms with Gasteiger partial charge in [0.1, 0.15) is 6.42 Å². The van der Waals surface area contributed by atoms with Gasteiger partial charge in [0.15, 0.2) is 0 Å². The molecule has 6 nitrogen and oxygen atoms in total. The summed E-state index contributed by atoms with van der Waals surface area (Å²) < 4.78 is 4.71. The maximum atomic E-state index is 12.3. The summed E-state index contributed by atoms with van der Waals surface area (Å²) >= 11 is 5.88. The third kappa shape index (κ3) is 5.93. The predicted octanol–water partition coefficient (Wildman–Crippen LogP) is 3.48. The molecular formula is C18H17ClN2O4. The first kappa shape index (κ1) is 18.5. The molecule has 0 aromatic heterocycles. The molecule has 25 heavy (non-hydrogen) atoms. The van der Waals surface area contributed by atoms with E-state index in [1.165, 1.54) is 6.07 Å². The third-order valence-electron chi connectivity index (χ3n) is 3.10. The number of hydrogen-bond donors (Lipinski definition) is 2. The molecule has 2 N–H and O–H groups in total. The average Bonchev–Trinajstić information content (AvgIpc) is 2.55. The Hall–Kier alpha value is -2.86. The number of ether oxygens (including phenoxy) is 1. The van der Waals surface area contributed by atoms with Gasteiger partial charge in [0.25, 0.3) is 5.91 Å². The largest absolute Gasteiger partial charge is 0.466 e. The standard InChI is InChI=1S/C18H17ClN2O4/c1-2-25-17(23)11-16(22)20-14-7-3-5-12(9-14)18(24)21-15-8-4-6-13(19)10-15/h3-10H,2,11H2,1H3,(H,20,22)(H,21,24). The molecule has 0 heterocycles. The molecule has 0 saturated heterocycles. The fourth-order valence-electron chi connectivity index (χ4n) is 2.06. The summed E-state index contributed by atoms with van der Waals surface area (Å²) in [6, 6.07) is 13.2. The molecule has 0 atom stereocenters. The molecule has 2 amide bonds. The minimum absolute atomic E-state index is 0.214.